The summed E-state index contributed by atoms with van der Waals surface area (Å²) < 4.78 is 39.9. The average molecular weight is 335 g/mol. The van der Waals surface area contributed by atoms with E-state index in [2.05, 4.69) is 20.4 Å². The van der Waals surface area contributed by atoms with E-state index in [0.29, 0.717) is 11.4 Å². The Kier molecular flexibility index (Phi) is 3.84. The summed E-state index contributed by atoms with van der Waals surface area (Å²) >= 11 is 0. The molecule has 0 atom stereocenters. The Balaban J connectivity index is 1.98. The summed E-state index contributed by atoms with van der Waals surface area (Å²) in [6.45, 7) is 0. The summed E-state index contributed by atoms with van der Waals surface area (Å²) in [6, 6.07) is 7.97. The predicted octanol–water partition coefficient (Wildman–Crippen LogP) is 4.14. The molecule has 0 fully saturated rings. The molecule has 0 unspecified atom stereocenters. The van der Waals surface area contributed by atoms with Crippen LogP contribution in [-0.4, -0.2) is 14.8 Å². The van der Waals surface area contributed by atoms with Gasteiger partial charge in [-0.3, -0.25) is 15.0 Å². The molecule has 0 amide bonds. The van der Waals surface area contributed by atoms with Gasteiger partial charge in [0.2, 0.25) is 0 Å². The topological polar surface area (TPSA) is 78.3 Å². The molecular formula is C15H12F3N5O. The summed E-state index contributed by atoms with van der Waals surface area (Å²) in [5, 5.41) is 12.7. The summed E-state index contributed by atoms with van der Waals surface area (Å²) in [4.78, 5) is 11.9. The Morgan fingerprint density at radius 3 is 2.54 bits per heavy atom. The van der Waals surface area contributed by atoms with E-state index >= 15 is 0 Å². The second-order valence-corrected chi connectivity index (χ2v) is 5.06. The Morgan fingerprint density at radius 1 is 1.08 bits per heavy atom. The van der Waals surface area contributed by atoms with Gasteiger partial charge in [0.15, 0.2) is 5.69 Å². The molecule has 0 aliphatic heterocycles. The third-order valence-corrected chi connectivity index (χ3v) is 3.39. The number of aromatic nitrogens is 3. The molecule has 0 saturated carbocycles. The van der Waals surface area contributed by atoms with E-state index in [1.165, 1.54) is 12.1 Å². The Hall–Kier alpha value is -3.10. The maximum absolute atomic E-state index is 12.7. The summed E-state index contributed by atoms with van der Waals surface area (Å²) in [7, 11) is 1.79. The molecule has 6 nitrogen and oxygen atoms in total. The predicted molar refractivity (Wildman–Crippen MR) is 81.4 cm³/mol. The number of azo groups is 1. The standard InChI is InChI=1S/C15H12F3N5O/c1-23-7-3-6-11(23)12-13(14(24)22-20-12)21-19-10-5-2-4-9(8-10)15(16,17)18/h2-8H,1H3,(H2,20,22,24). The number of aryl methyl sites for hydroxylation is 1. The molecular weight excluding hydrogens is 323 g/mol. The number of hydrogen-bond donors (Lipinski definition) is 2. The molecule has 2 heterocycles. The number of nitrogens with zero attached hydrogens (tertiary/aromatic N) is 3. The van der Waals surface area contributed by atoms with E-state index in [9.17, 15) is 18.0 Å². The molecule has 0 radical (unpaired) electrons. The van der Waals surface area contributed by atoms with E-state index in [1.54, 1.807) is 29.9 Å². The van der Waals surface area contributed by atoms with E-state index in [1.807, 2.05) is 0 Å². The Bertz CT molecular complexity index is 948. The fourth-order valence-corrected chi connectivity index (χ4v) is 2.20. The van der Waals surface area contributed by atoms with Crippen molar-refractivity contribution in [3.63, 3.8) is 0 Å². The highest BCUT2D eigenvalue weighted by atomic mass is 19.4. The fourth-order valence-electron chi connectivity index (χ4n) is 2.20. The summed E-state index contributed by atoms with van der Waals surface area (Å²) in [5.41, 5.74) is -0.251. The molecule has 0 spiro atoms. The number of rotatable bonds is 3. The van der Waals surface area contributed by atoms with E-state index < -0.39 is 17.3 Å². The van der Waals surface area contributed by atoms with Gasteiger partial charge in [0, 0.05) is 13.2 Å². The smallest absolute Gasteiger partial charge is 0.349 e. The lowest BCUT2D eigenvalue weighted by atomic mass is 10.2. The van der Waals surface area contributed by atoms with Crippen molar-refractivity contribution in [1.29, 1.82) is 0 Å². The van der Waals surface area contributed by atoms with E-state index in [4.69, 9.17) is 0 Å². The summed E-state index contributed by atoms with van der Waals surface area (Å²) in [5.74, 6) is 0. The number of halogens is 3. The van der Waals surface area contributed by atoms with Crippen molar-refractivity contribution in [2.24, 2.45) is 17.3 Å². The van der Waals surface area contributed by atoms with Gasteiger partial charge in [-0.15, -0.1) is 5.11 Å². The molecule has 0 aliphatic carbocycles. The SMILES string of the molecule is Cn1cccc1-c1[nH][nH]c(=O)c1N=Nc1cccc(C(F)(F)F)c1. The van der Waals surface area contributed by atoms with Crippen molar-refractivity contribution < 1.29 is 13.2 Å². The molecule has 9 heteroatoms. The van der Waals surface area contributed by atoms with E-state index in [-0.39, 0.29) is 11.4 Å². The lowest BCUT2D eigenvalue weighted by Gasteiger charge is -2.05. The van der Waals surface area contributed by atoms with Gasteiger partial charge in [-0.2, -0.15) is 18.3 Å². The van der Waals surface area contributed by atoms with Crippen LogP contribution < -0.4 is 5.56 Å². The maximum atomic E-state index is 12.7. The Morgan fingerprint density at radius 2 is 1.88 bits per heavy atom. The van der Waals surface area contributed by atoms with Gasteiger partial charge in [0.25, 0.3) is 5.56 Å². The van der Waals surface area contributed by atoms with E-state index in [0.717, 1.165) is 12.1 Å². The zero-order chi connectivity index (χ0) is 17.3. The van der Waals surface area contributed by atoms with Crippen LogP contribution in [0.1, 0.15) is 5.56 Å². The van der Waals surface area contributed by atoms with Crippen LogP contribution in [0.3, 0.4) is 0 Å². The highest BCUT2D eigenvalue weighted by Crippen LogP contribution is 2.32. The number of nitrogens with one attached hydrogen (secondary N) is 2. The zero-order valence-electron chi connectivity index (χ0n) is 12.4. The van der Waals surface area contributed by atoms with Crippen molar-refractivity contribution in [3.05, 3.63) is 58.5 Å². The van der Waals surface area contributed by atoms with Gasteiger partial charge in [-0.05, 0) is 30.3 Å². The highest BCUT2D eigenvalue weighted by Gasteiger charge is 2.30. The first kappa shape index (κ1) is 15.8. The third-order valence-electron chi connectivity index (χ3n) is 3.39. The van der Waals surface area contributed by atoms with Gasteiger partial charge in [-0.25, -0.2) is 0 Å². The number of benzene rings is 1. The van der Waals surface area contributed by atoms with Crippen LogP contribution in [0.5, 0.6) is 0 Å². The molecule has 2 aromatic heterocycles. The first-order valence-corrected chi connectivity index (χ1v) is 6.87. The van der Waals surface area contributed by atoms with Crippen molar-refractivity contribution in [2.75, 3.05) is 0 Å². The second kappa shape index (κ2) is 5.84. The number of alkyl halides is 3. The lowest BCUT2D eigenvalue weighted by molar-refractivity contribution is -0.137. The van der Waals surface area contributed by atoms with Crippen molar-refractivity contribution in [3.8, 4) is 11.4 Å². The quantitative estimate of drug-likeness (QED) is 0.693. The molecule has 0 bridgehead atoms. The third kappa shape index (κ3) is 3.00. The van der Waals surface area contributed by atoms with Gasteiger partial charge in [0.1, 0.15) is 5.69 Å². The monoisotopic (exact) mass is 335 g/mol. The van der Waals surface area contributed by atoms with Gasteiger partial charge < -0.3 is 4.57 Å². The Labute approximate surface area is 133 Å². The minimum Gasteiger partial charge on any atom is -0.349 e. The van der Waals surface area contributed by atoms with Gasteiger partial charge in [0.05, 0.1) is 16.9 Å². The summed E-state index contributed by atoms with van der Waals surface area (Å²) in [6.07, 6.45) is -2.68. The maximum Gasteiger partial charge on any atom is 0.416 e. The van der Waals surface area contributed by atoms with Crippen LogP contribution in [0.25, 0.3) is 11.4 Å². The van der Waals surface area contributed by atoms with Crippen LogP contribution in [0, 0.1) is 0 Å². The van der Waals surface area contributed by atoms with Gasteiger partial charge >= 0.3 is 6.18 Å². The molecule has 0 saturated heterocycles. The molecule has 1 aromatic carbocycles. The normalized spacial score (nSPS) is 12.2. The number of aromatic amines is 2. The fraction of sp³-hybridized carbons (Fsp3) is 0.133. The van der Waals surface area contributed by atoms with Crippen LogP contribution >= 0.6 is 0 Å². The van der Waals surface area contributed by atoms with Crippen molar-refractivity contribution >= 4 is 11.4 Å². The van der Waals surface area contributed by atoms with Crippen LogP contribution in [0.4, 0.5) is 24.5 Å². The minimum atomic E-state index is -4.47. The zero-order valence-corrected chi connectivity index (χ0v) is 12.4. The average Bonchev–Trinajstić information content (AvgIpc) is 3.10. The molecule has 3 rings (SSSR count). The molecule has 2 N–H and O–H groups in total. The van der Waals surface area contributed by atoms with Crippen LogP contribution in [-0.2, 0) is 13.2 Å². The van der Waals surface area contributed by atoms with Crippen molar-refractivity contribution in [2.45, 2.75) is 6.18 Å². The highest BCUT2D eigenvalue weighted by molar-refractivity contribution is 5.68. The lowest BCUT2D eigenvalue weighted by Crippen LogP contribution is -2.03. The van der Waals surface area contributed by atoms with Crippen LogP contribution in [0.15, 0.2) is 57.6 Å². The first-order valence-electron chi connectivity index (χ1n) is 6.87. The number of H-pyrrole nitrogens is 2. The largest absolute Gasteiger partial charge is 0.416 e. The molecule has 124 valence electrons. The second-order valence-electron chi connectivity index (χ2n) is 5.06. The van der Waals surface area contributed by atoms with Gasteiger partial charge in [-0.1, -0.05) is 6.07 Å². The minimum absolute atomic E-state index is 0.00301. The van der Waals surface area contributed by atoms with Crippen LogP contribution in [0.2, 0.25) is 0 Å². The molecule has 3 aromatic rings. The molecule has 24 heavy (non-hydrogen) atoms. The number of hydrogen-bond acceptors (Lipinski definition) is 3. The van der Waals surface area contributed by atoms with Crippen molar-refractivity contribution in [1.82, 2.24) is 14.8 Å². The first-order chi connectivity index (χ1) is 11.4. The molecule has 0 aliphatic rings.